The molecular formula is C42H34N4O4. The summed E-state index contributed by atoms with van der Waals surface area (Å²) in [4.78, 5) is 24.8. The Balaban J connectivity index is 1.34. The van der Waals surface area contributed by atoms with E-state index >= 15 is 0 Å². The summed E-state index contributed by atoms with van der Waals surface area (Å²) in [5.41, 5.74) is 35.1. The van der Waals surface area contributed by atoms with Crippen LogP contribution < -0.4 is 27.7 Å². The average molecular weight is 659 g/mol. The summed E-state index contributed by atoms with van der Waals surface area (Å²) in [6.07, 6.45) is 4.31. The Morgan fingerprint density at radius 1 is 0.460 bits per heavy atom. The first-order valence-corrected chi connectivity index (χ1v) is 15.7. The monoisotopic (exact) mass is 658 g/mol. The van der Waals surface area contributed by atoms with Gasteiger partial charge in [-0.2, -0.15) is 0 Å². The van der Waals surface area contributed by atoms with Crippen LogP contribution >= 0.6 is 0 Å². The number of carbonyl (C=O) groups is 2. The maximum atomic E-state index is 12.9. The quantitative estimate of drug-likeness (QED) is 0.0421. The Kier molecular flexibility index (Phi) is 9.45. The number of aliphatic hydroxyl groups excluding tert-OH is 1. The predicted molar refractivity (Wildman–Crippen MR) is 202 cm³/mol. The Hall–Kier alpha value is -7.06. The molecule has 0 aromatic heterocycles. The minimum Gasteiger partial charge on any atom is -0.515 e. The molecule has 246 valence electrons. The first kappa shape index (κ1) is 32.9. The molecule has 0 heterocycles. The fourth-order valence-electron chi connectivity index (χ4n) is 5.66. The molecule has 0 bridgehead atoms. The van der Waals surface area contributed by atoms with Crippen molar-refractivity contribution in [1.29, 1.82) is 0 Å². The highest BCUT2D eigenvalue weighted by molar-refractivity contribution is 6.07. The molecule has 0 saturated heterocycles. The number of ketones is 2. The van der Waals surface area contributed by atoms with E-state index in [1.54, 1.807) is 12.1 Å². The summed E-state index contributed by atoms with van der Waals surface area (Å²) in [7, 11) is 0. The van der Waals surface area contributed by atoms with Gasteiger partial charge in [0.2, 0.25) is 0 Å². The molecule has 0 unspecified atom stereocenters. The van der Waals surface area contributed by atoms with Crippen molar-refractivity contribution in [3.05, 3.63) is 163 Å². The molecule has 0 aliphatic heterocycles. The molecule has 0 aliphatic rings. The highest BCUT2D eigenvalue weighted by Crippen LogP contribution is 2.43. The van der Waals surface area contributed by atoms with E-state index in [1.165, 1.54) is 36.6 Å². The largest absolute Gasteiger partial charge is 0.515 e. The highest BCUT2D eigenvalue weighted by Gasteiger charge is 2.17. The summed E-state index contributed by atoms with van der Waals surface area (Å²) in [6.45, 7) is 0. The lowest BCUT2D eigenvalue weighted by molar-refractivity contribution is 0.103. The van der Waals surface area contributed by atoms with Crippen molar-refractivity contribution in [1.82, 2.24) is 0 Å². The topological polar surface area (TPSA) is 168 Å². The molecule has 0 atom stereocenters. The fourth-order valence-corrected chi connectivity index (χ4v) is 5.66. The maximum absolute atomic E-state index is 12.9. The summed E-state index contributed by atoms with van der Waals surface area (Å²) < 4.78 is 6.04. The number of allylic oxidation sites excluding steroid dienone is 2. The van der Waals surface area contributed by atoms with Crippen molar-refractivity contribution < 1.29 is 19.4 Å². The number of nitrogen functional groups attached to an aromatic ring is 4. The summed E-state index contributed by atoms with van der Waals surface area (Å²) in [6, 6.07) is 38.9. The van der Waals surface area contributed by atoms with Crippen LogP contribution in [0, 0.1) is 0 Å². The van der Waals surface area contributed by atoms with E-state index in [-0.39, 0.29) is 11.6 Å². The highest BCUT2D eigenvalue weighted by atomic mass is 16.5. The molecule has 8 heteroatoms. The number of ether oxygens (including phenoxy) is 1. The van der Waals surface area contributed by atoms with Gasteiger partial charge < -0.3 is 32.8 Å². The summed E-state index contributed by atoms with van der Waals surface area (Å²) >= 11 is 0. The van der Waals surface area contributed by atoms with Gasteiger partial charge in [0.05, 0.1) is 12.5 Å². The Bertz CT molecular complexity index is 2260. The van der Waals surface area contributed by atoms with Gasteiger partial charge in [-0.25, -0.2) is 0 Å². The average Bonchev–Trinajstić information content (AvgIpc) is 3.12. The summed E-state index contributed by atoms with van der Waals surface area (Å²) in [5.74, 6) is -0.276. The minimum absolute atomic E-state index is 0.327. The Morgan fingerprint density at radius 2 is 0.900 bits per heavy atom. The number of rotatable bonds is 10. The fraction of sp³-hybridized carbons (Fsp3) is 0. The van der Waals surface area contributed by atoms with Crippen molar-refractivity contribution in [3.63, 3.8) is 0 Å². The molecule has 50 heavy (non-hydrogen) atoms. The second-order valence-electron chi connectivity index (χ2n) is 11.6. The lowest BCUT2D eigenvalue weighted by Crippen LogP contribution is -1.99. The van der Waals surface area contributed by atoms with Crippen molar-refractivity contribution in [2.24, 2.45) is 0 Å². The lowest BCUT2D eigenvalue weighted by atomic mass is 9.88. The third kappa shape index (κ3) is 7.25. The second-order valence-corrected chi connectivity index (χ2v) is 11.6. The van der Waals surface area contributed by atoms with E-state index in [1.807, 2.05) is 66.7 Å². The van der Waals surface area contributed by atoms with Gasteiger partial charge in [0.1, 0.15) is 5.75 Å². The molecule has 0 spiro atoms. The molecule has 8 nitrogen and oxygen atoms in total. The van der Waals surface area contributed by atoms with Crippen LogP contribution in [0.1, 0.15) is 20.7 Å². The van der Waals surface area contributed by atoms with Crippen molar-refractivity contribution in [2.45, 2.75) is 0 Å². The third-order valence-corrected chi connectivity index (χ3v) is 8.21. The number of benzene rings is 6. The van der Waals surface area contributed by atoms with Crippen LogP contribution in [-0.4, -0.2) is 16.7 Å². The minimum atomic E-state index is -0.376. The number of aliphatic hydroxyl groups is 1. The van der Waals surface area contributed by atoms with E-state index in [2.05, 4.69) is 24.3 Å². The van der Waals surface area contributed by atoms with Crippen LogP contribution in [0.5, 0.6) is 5.75 Å². The maximum Gasteiger partial charge on any atom is 0.188 e. The summed E-state index contributed by atoms with van der Waals surface area (Å²) in [5, 5.41) is 8.84. The molecule has 6 aromatic carbocycles. The molecule has 0 radical (unpaired) electrons. The van der Waals surface area contributed by atoms with Gasteiger partial charge in [-0.05, 0) is 87.5 Å². The number of nitrogens with two attached hydrogens (primary N) is 4. The van der Waals surface area contributed by atoms with E-state index < -0.39 is 0 Å². The number of carbonyl (C=O) groups excluding carboxylic acids is 2. The van der Waals surface area contributed by atoms with Crippen LogP contribution in [0.4, 0.5) is 22.7 Å². The van der Waals surface area contributed by atoms with Gasteiger partial charge in [0.15, 0.2) is 11.6 Å². The van der Waals surface area contributed by atoms with Gasteiger partial charge in [-0.1, -0.05) is 72.8 Å². The zero-order valence-corrected chi connectivity index (χ0v) is 26.9. The lowest BCUT2D eigenvalue weighted by Gasteiger charge is -2.18. The third-order valence-electron chi connectivity index (χ3n) is 8.21. The zero-order chi connectivity index (χ0) is 35.2. The van der Waals surface area contributed by atoms with E-state index in [9.17, 15) is 9.59 Å². The van der Waals surface area contributed by atoms with Gasteiger partial charge in [-0.15, -0.1) is 0 Å². The van der Waals surface area contributed by atoms with Gasteiger partial charge in [0.25, 0.3) is 0 Å². The zero-order valence-electron chi connectivity index (χ0n) is 26.9. The second kappa shape index (κ2) is 14.4. The van der Waals surface area contributed by atoms with E-state index in [0.717, 1.165) is 50.6 Å². The standard InChI is InChI=1S/C42H34N4O4/c43-31-11-9-27(10-12-31)26-1-3-28(4-2-26)35-16-13-32(44)23-38(35)39-24-33(45)14-17-36(39)37-18-15-34(46)25-42(37)50-22-20-41(49)30-7-5-29(6-8-30)40(48)19-21-47/h1-25,47H,43-46H2/b21-19-,22-20-. The van der Waals surface area contributed by atoms with Crippen LogP contribution in [-0.2, 0) is 0 Å². The molecule has 0 amide bonds. The molecule has 0 saturated carbocycles. The van der Waals surface area contributed by atoms with Gasteiger partial charge >= 0.3 is 0 Å². The van der Waals surface area contributed by atoms with Crippen LogP contribution in [0.2, 0.25) is 0 Å². The molecular weight excluding hydrogens is 624 g/mol. The van der Waals surface area contributed by atoms with E-state index in [4.69, 9.17) is 32.8 Å². The number of hydrogen-bond acceptors (Lipinski definition) is 8. The normalized spacial score (nSPS) is 11.2. The molecule has 6 rings (SSSR count). The first-order chi connectivity index (χ1) is 24.2. The van der Waals surface area contributed by atoms with E-state index in [0.29, 0.717) is 45.9 Å². The van der Waals surface area contributed by atoms with Crippen molar-refractivity contribution in [2.75, 3.05) is 22.9 Å². The van der Waals surface area contributed by atoms with Gasteiger partial charge in [0, 0.05) is 57.7 Å². The number of anilines is 4. The molecule has 0 fully saturated rings. The Morgan fingerprint density at radius 3 is 1.48 bits per heavy atom. The molecule has 6 aromatic rings. The Labute approximate surface area is 289 Å². The SMILES string of the molecule is Nc1ccc(-c2ccc(-c3ccc(N)cc3-c3cc(N)ccc3-c3ccc(N)cc3O/C=C\C(=O)c3ccc(C(=O)/C=C\O)cc3)cc2)cc1. The van der Waals surface area contributed by atoms with Crippen LogP contribution in [0.25, 0.3) is 44.5 Å². The van der Waals surface area contributed by atoms with Crippen molar-refractivity contribution in [3.8, 4) is 50.3 Å². The number of hydrogen-bond donors (Lipinski definition) is 5. The molecule has 9 N–H and O–H groups in total. The smallest absolute Gasteiger partial charge is 0.188 e. The predicted octanol–water partition coefficient (Wildman–Crippen LogP) is 8.71. The first-order valence-electron chi connectivity index (χ1n) is 15.7. The van der Waals surface area contributed by atoms with Gasteiger partial charge in [-0.3, -0.25) is 9.59 Å². The van der Waals surface area contributed by atoms with Crippen molar-refractivity contribution >= 4 is 34.3 Å². The van der Waals surface area contributed by atoms with Crippen LogP contribution in [0.3, 0.4) is 0 Å². The van der Waals surface area contributed by atoms with Crippen LogP contribution in [0.15, 0.2) is 152 Å². The molecule has 0 aliphatic carbocycles.